The van der Waals surface area contributed by atoms with Gasteiger partial charge in [0, 0.05) is 19.7 Å². The molecule has 1 aromatic carbocycles. The van der Waals surface area contributed by atoms with Gasteiger partial charge in [-0.05, 0) is 31.4 Å². The first kappa shape index (κ1) is 21.5. The lowest BCUT2D eigenvalue weighted by molar-refractivity contribution is 0.0453. The van der Waals surface area contributed by atoms with Gasteiger partial charge in [-0.15, -0.1) is 0 Å². The Balaban J connectivity index is 2.45. The van der Waals surface area contributed by atoms with Crippen LogP contribution in [0.5, 0.6) is 0 Å². The predicted molar refractivity (Wildman–Crippen MR) is 105 cm³/mol. The zero-order chi connectivity index (χ0) is 18.2. The van der Waals surface area contributed by atoms with Crippen molar-refractivity contribution >= 4 is 5.96 Å². The van der Waals surface area contributed by atoms with Crippen LogP contribution in [0.1, 0.15) is 51.2 Å². The van der Waals surface area contributed by atoms with Crippen molar-refractivity contribution < 1.29 is 9.47 Å². The Hall–Kier alpha value is -1.59. The van der Waals surface area contributed by atoms with Crippen molar-refractivity contribution in [3.8, 4) is 0 Å². The summed E-state index contributed by atoms with van der Waals surface area (Å²) in [5.41, 5.74) is 2.36. The van der Waals surface area contributed by atoms with E-state index >= 15 is 0 Å². The van der Waals surface area contributed by atoms with Crippen molar-refractivity contribution in [2.24, 2.45) is 4.99 Å². The SMILES string of the molecule is CCCCCNC(=NCc1cccc(COCCOCC)c1)NCC. The van der Waals surface area contributed by atoms with Gasteiger partial charge in [-0.2, -0.15) is 0 Å². The largest absolute Gasteiger partial charge is 0.379 e. The van der Waals surface area contributed by atoms with Crippen LogP contribution in [0.3, 0.4) is 0 Å². The fourth-order valence-electron chi connectivity index (χ4n) is 2.36. The highest BCUT2D eigenvalue weighted by Gasteiger charge is 1.99. The molecule has 0 fully saturated rings. The number of hydrogen-bond donors (Lipinski definition) is 2. The molecule has 0 spiro atoms. The van der Waals surface area contributed by atoms with E-state index < -0.39 is 0 Å². The van der Waals surface area contributed by atoms with Gasteiger partial charge in [0.05, 0.1) is 26.4 Å². The quantitative estimate of drug-likeness (QED) is 0.325. The third-order valence-corrected chi connectivity index (χ3v) is 3.67. The lowest BCUT2D eigenvalue weighted by atomic mass is 10.1. The maximum Gasteiger partial charge on any atom is 0.191 e. The first-order chi connectivity index (χ1) is 12.3. The van der Waals surface area contributed by atoms with E-state index in [-0.39, 0.29) is 0 Å². The third kappa shape index (κ3) is 10.8. The van der Waals surface area contributed by atoms with Crippen LogP contribution in [0.4, 0.5) is 0 Å². The Morgan fingerprint density at radius 1 is 1.00 bits per heavy atom. The van der Waals surface area contributed by atoms with Gasteiger partial charge < -0.3 is 20.1 Å². The van der Waals surface area contributed by atoms with E-state index in [4.69, 9.17) is 9.47 Å². The van der Waals surface area contributed by atoms with Gasteiger partial charge in [0.2, 0.25) is 0 Å². The second kappa shape index (κ2) is 14.7. The van der Waals surface area contributed by atoms with E-state index in [0.29, 0.717) is 26.4 Å². The van der Waals surface area contributed by atoms with Crippen molar-refractivity contribution in [2.45, 2.75) is 53.2 Å². The monoisotopic (exact) mass is 349 g/mol. The molecule has 5 heteroatoms. The smallest absolute Gasteiger partial charge is 0.191 e. The number of nitrogens with zero attached hydrogens (tertiary/aromatic N) is 1. The van der Waals surface area contributed by atoms with Gasteiger partial charge in [-0.1, -0.05) is 44.0 Å². The maximum absolute atomic E-state index is 5.63. The Kier molecular flexibility index (Phi) is 12.6. The standard InChI is InChI=1S/C20H35N3O2/c1-4-7-8-12-22-20(21-5-2)23-16-18-10-9-11-19(15-18)17-25-14-13-24-6-3/h9-11,15H,4-8,12-14,16-17H2,1-3H3,(H2,21,22,23). The minimum Gasteiger partial charge on any atom is -0.379 e. The van der Waals surface area contributed by atoms with E-state index in [0.717, 1.165) is 25.7 Å². The van der Waals surface area contributed by atoms with E-state index in [1.807, 2.05) is 6.92 Å². The molecule has 142 valence electrons. The Morgan fingerprint density at radius 2 is 1.80 bits per heavy atom. The van der Waals surface area contributed by atoms with E-state index in [1.54, 1.807) is 0 Å². The Bertz CT molecular complexity index is 478. The Labute approximate surface area is 153 Å². The second-order valence-corrected chi connectivity index (χ2v) is 5.90. The molecule has 0 aliphatic heterocycles. The van der Waals surface area contributed by atoms with Crippen LogP contribution in [-0.4, -0.2) is 38.9 Å². The fraction of sp³-hybridized carbons (Fsp3) is 0.650. The summed E-state index contributed by atoms with van der Waals surface area (Å²) >= 11 is 0. The highest BCUT2D eigenvalue weighted by atomic mass is 16.5. The number of benzene rings is 1. The first-order valence-corrected chi connectivity index (χ1v) is 9.55. The number of ether oxygens (including phenoxy) is 2. The highest BCUT2D eigenvalue weighted by molar-refractivity contribution is 5.79. The van der Waals surface area contributed by atoms with Crippen molar-refractivity contribution in [2.75, 3.05) is 32.9 Å². The molecule has 0 atom stereocenters. The number of rotatable bonds is 13. The molecule has 0 saturated carbocycles. The van der Waals surface area contributed by atoms with Gasteiger partial charge in [0.1, 0.15) is 0 Å². The molecule has 0 aromatic heterocycles. The van der Waals surface area contributed by atoms with Gasteiger partial charge in [0.15, 0.2) is 5.96 Å². The minimum atomic E-state index is 0.611. The van der Waals surface area contributed by atoms with Crippen molar-refractivity contribution in [3.63, 3.8) is 0 Å². The minimum absolute atomic E-state index is 0.611. The van der Waals surface area contributed by atoms with Crippen LogP contribution in [-0.2, 0) is 22.6 Å². The summed E-state index contributed by atoms with van der Waals surface area (Å²) in [6.07, 6.45) is 3.65. The van der Waals surface area contributed by atoms with Crippen LogP contribution in [0.2, 0.25) is 0 Å². The van der Waals surface area contributed by atoms with Gasteiger partial charge in [0.25, 0.3) is 0 Å². The summed E-state index contributed by atoms with van der Waals surface area (Å²) in [6, 6.07) is 8.41. The molecule has 0 radical (unpaired) electrons. The van der Waals surface area contributed by atoms with Crippen molar-refractivity contribution in [1.29, 1.82) is 0 Å². The summed E-state index contributed by atoms with van der Waals surface area (Å²) in [6.45, 7) is 11.4. The highest BCUT2D eigenvalue weighted by Crippen LogP contribution is 2.08. The molecular weight excluding hydrogens is 314 g/mol. The average Bonchev–Trinajstić information content (AvgIpc) is 2.63. The number of guanidine groups is 1. The topological polar surface area (TPSA) is 54.9 Å². The summed E-state index contributed by atoms with van der Waals surface area (Å²) < 4.78 is 10.9. The Morgan fingerprint density at radius 3 is 2.56 bits per heavy atom. The molecule has 0 aliphatic rings. The molecule has 0 saturated heterocycles. The van der Waals surface area contributed by atoms with Gasteiger partial charge in [-0.25, -0.2) is 4.99 Å². The van der Waals surface area contributed by atoms with E-state index in [2.05, 4.69) is 53.7 Å². The first-order valence-electron chi connectivity index (χ1n) is 9.55. The molecule has 1 aromatic rings. The molecule has 0 heterocycles. The molecule has 0 bridgehead atoms. The molecule has 2 N–H and O–H groups in total. The number of nitrogens with one attached hydrogen (secondary N) is 2. The fourth-order valence-corrected chi connectivity index (χ4v) is 2.36. The molecule has 1 rings (SSSR count). The van der Waals surface area contributed by atoms with Gasteiger partial charge in [-0.3, -0.25) is 0 Å². The van der Waals surface area contributed by atoms with Crippen LogP contribution in [0.15, 0.2) is 29.3 Å². The van der Waals surface area contributed by atoms with Crippen LogP contribution >= 0.6 is 0 Å². The number of aliphatic imine (C=N–C) groups is 1. The summed E-state index contributed by atoms with van der Waals surface area (Å²) in [4.78, 5) is 4.68. The zero-order valence-corrected chi connectivity index (χ0v) is 16.1. The van der Waals surface area contributed by atoms with E-state index in [9.17, 15) is 0 Å². The molecule has 25 heavy (non-hydrogen) atoms. The summed E-state index contributed by atoms with van der Waals surface area (Å²) in [5, 5.41) is 6.69. The van der Waals surface area contributed by atoms with Crippen LogP contribution in [0, 0.1) is 0 Å². The average molecular weight is 350 g/mol. The molecule has 5 nitrogen and oxygen atoms in total. The number of hydrogen-bond acceptors (Lipinski definition) is 3. The van der Waals surface area contributed by atoms with Crippen LogP contribution in [0.25, 0.3) is 0 Å². The second-order valence-electron chi connectivity index (χ2n) is 5.90. The lowest BCUT2D eigenvalue weighted by Crippen LogP contribution is -2.37. The van der Waals surface area contributed by atoms with Crippen LogP contribution < -0.4 is 10.6 Å². The van der Waals surface area contributed by atoms with Crippen molar-refractivity contribution in [1.82, 2.24) is 10.6 Å². The van der Waals surface area contributed by atoms with Crippen molar-refractivity contribution in [3.05, 3.63) is 35.4 Å². The zero-order valence-electron chi connectivity index (χ0n) is 16.1. The summed E-state index contributed by atoms with van der Waals surface area (Å²) in [7, 11) is 0. The molecule has 0 unspecified atom stereocenters. The predicted octanol–water partition coefficient (Wildman–Crippen LogP) is 3.49. The lowest BCUT2D eigenvalue weighted by Gasteiger charge is -2.11. The summed E-state index contributed by atoms with van der Waals surface area (Å²) in [5.74, 6) is 0.886. The van der Waals surface area contributed by atoms with E-state index in [1.165, 1.54) is 30.4 Å². The maximum atomic E-state index is 5.63. The molecule has 0 aliphatic carbocycles. The molecular formula is C20H35N3O2. The number of unbranched alkanes of at least 4 members (excludes halogenated alkanes) is 2. The molecule has 0 amide bonds. The normalized spacial score (nSPS) is 11.6. The van der Waals surface area contributed by atoms with Gasteiger partial charge >= 0.3 is 0 Å². The third-order valence-electron chi connectivity index (χ3n) is 3.67.